The summed E-state index contributed by atoms with van der Waals surface area (Å²) >= 11 is 0. The fraction of sp³-hybridized carbons (Fsp3) is 0.692. The zero-order chi connectivity index (χ0) is 13.0. The van der Waals surface area contributed by atoms with E-state index in [1.54, 1.807) is 0 Å². The first-order chi connectivity index (χ1) is 8.56. The highest BCUT2D eigenvalue weighted by atomic mass is 32.2. The summed E-state index contributed by atoms with van der Waals surface area (Å²) in [5, 5.41) is 0. The fourth-order valence-corrected chi connectivity index (χ4v) is 3.37. The van der Waals surface area contributed by atoms with Crippen molar-refractivity contribution >= 4 is 10.1 Å². The summed E-state index contributed by atoms with van der Waals surface area (Å²) in [6, 6.07) is 2.12. The van der Waals surface area contributed by atoms with Crippen molar-refractivity contribution in [2.24, 2.45) is 0 Å². The summed E-state index contributed by atoms with van der Waals surface area (Å²) in [4.78, 5) is 3.21. The van der Waals surface area contributed by atoms with E-state index in [2.05, 4.69) is 11.1 Å². The Labute approximate surface area is 109 Å². The molecule has 0 atom stereocenters. The van der Waals surface area contributed by atoms with E-state index in [0.717, 1.165) is 5.69 Å². The summed E-state index contributed by atoms with van der Waals surface area (Å²) < 4.78 is 30.1. The Balaban J connectivity index is 1.94. The zero-order valence-electron chi connectivity index (χ0n) is 10.6. The smallest absolute Gasteiger partial charge is 0.264 e. The predicted octanol–water partition coefficient (Wildman–Crippen LogP) is 2.88. The van der Waals surface area contributed by atoms with Gasteiger partial charge in [0.1, 0.15) is 0 Å². The quantitative estimate of drug-likeness (QED) is 0.809. The number of rotatable bonds is 5. The maximum absolute atomic E-state index is 10.7. The lowest BCUT2D eigenvalue weighted by atomic mass is 9.83. The van der Waals surface area contributed by atoms with Crippen LogP contribution >= 0.6 is 0 Å². The molecule has 4 nitrogen and oxygen atoms in total. The molecule has 0 unspecified atom stereocenters. The molecule has 2 N–H and O–H groups in total. The van der Waals surface area contributed by atoms with Gasteiger partial charge in [-0.1, -0.05) is 19.3 Å². The first kappa shape index (κ1) is 13.6. The second-order valence-corrected chi connectivity index (χ2v) is 6.71. The molecular weight excluding hydrogens is 250 g/mol. The Morgan fingerprint density at radius 1 is 1.28 bits per heavy atom. The van der Waals surface area contributed by atoms with Gasteiger partial charge in [0.25, 0.3) is 10.1 Å². The van der Waals surface area contributed by atoms with Crippen molar-refractivity contribution in [2.45, 2.75) is 50.9 Å². The lowest BCUT2D eigenvalue weighted by Crippen LogP contribution is -2.08. The van der Waals surface area contributed by atoms with Gasteiger partial charge in [0.2, 0.25) is 0 Å². The standard InChI is InChI=1S/C13H21NO3S/c15-18(16,17)10-4-7-13-12(8-9-14-13)11-5-2-1-3-6-11/h8-9,11,14H,1-7,10H2,(H,15,16,17). The molecule has 0 aromatic carbocycles. The van der Waals surface area contributed by atoms with Gasteiger partial charge in [-0.3, -0.25) is 4.55 Å². The van der Waals surface area contributed by atoms with Gasteiger partial charge >= 0.3 is 0 Å². The van der Waals surface area contributed by atoms with E-state index in [4.69, 9.17) is 4.55 Å². The highest BCUT2D eigenvalue weighted by Gasteiger charge is 2.19. The summed E-state index contributed by atoms with van der Waals surface area (Å²) in [7, 11) is -3.83. The van der Waals surface area contributed by atoms with E-state index in [1.165, 1.54) is 37.7 Å². The van der Waals surface area contributed by atoms with E-state index in [0.29, 0.717) is 18.8 Å². The highest BCUT2D eigenvalue weighted by Crippen LogP contribution is 2.34. The van der Waals surface area contributed by atoms with Crippen LogP contribution in [0.3, 0.4) is 0 Å². The largest absolute Gasteiger partial charge is 0.365 e. The lowest BCUT2D eigenvalue weighted by Gasteiger charge is -2.22. The normalized spacial score (nSPS) is 18.1. The maximum Gasteiger partial charge on any atom is 0.264 e. The number of aryl methyl sites for hydroxylation is 1. The first-order valence-corrected chi connectivity index (χ1v) is 8.28. The molecule has 102 valence electrons. The van der Waals surface area contributed by atoms with Crippen LogP contribution in [0.15, 0.2) is 12.3 Å². The number of hydrogen-bond donors (Lipinski definition) is 2. The molecule has 0 amide bonds. The summed E-state index contributed by atoms with van der Waals surface area (Å²) in [5.41, 5.74) is 2.50. The Bertz CT molecular complexity index is 472. The molecule has 1 aliphatic carbocycles. The van der Waals surface area contributed by atoms with Gasteiger partial charge in [-0.2, -0.15) is 8.42 Å². The molecule has 5 heteroatoms. The van der Waals surface area contributed by atoms with Gasteiger partial charge in [-0.05, 0) is 43.2 Å². The van der Waals surface area contributed by atoms with E-state index in [-0.39, 0.29) is 5.75 Å². The number of aromatic nitrogens is 1. The third-order valence-corrected chi connectivity index (χ3v) is 4.55. The Kier molecular flexibility index (Phi) is 4.45. The molecule has 0 aliphatic heterocycles. The maximum atomic E-state index is 10.7. The zero-order valence-corrected chi connectivity index (χ0v) is 11.4. The molecule has 0 bridgehead atoms. The highest BCUT2D eigenvalue weighted by molar-refractivity contribution is 7.85. The average molecular weight is 271 g/mol. The first-order valence-electron chi connectivity index (χ1n) is 6.67. The van der Waals surface area contributed by atoms with Crippen molar-refractivity contribution in [3.05, 3.63) is 23.5 Å². The Morgan fingerprint density at radius 3 is 2.67 bits per heavy atom. The van der Waals surface area contributed by atoms with Crippen LogP contribution in [0.5, 0.6) is 0 Å². The van der Waals surface area contributed by atoms with Crippen LogP contribution in [0, 0.1) is 0 Å². The monoisotopic (exact) mass is 271 g/mol. The van der Waals surface area contributed by atoms with Crippen molar-refractivity contribution in [2.75, 3.05) is 5.75 Å². The molecule has 0 saturated heterocycles. The van der Waals surface area contributed by atoms with Crippen molar-refractivity contribution in [3.8, 4) is 0 Å². The molecule has 1 aliphatic rings. The summed E-state index contributed by atoms with van der Waals surface area (Å²) in [6.07, 6.45) is 9.50. The van der Waals surface area contributed by atoms with Gasteiger partial charge in [0.05, 0.1) is 5.75 Å². The minimum atomic E-state index is -3.83. The number of H-pyrrole nitrogens is 1. The SMILES string of the molecule is O=S(=O)(O)CCCc1[nH]ccc1C1CCCCC1. The molecule has 18 heavy (non-hydrogen) atoms. The molecule has 1 fully saturated rings. The fourth-order valence-electron chi connectivity index (χ4n) is 2.86. The van der Waals surface area contributed by atoms with Crippen LogP contribution in [0.25, 0.3) is 0 Å². The molecular formula is C13H21NO3S. The van der Waals surface area contributed by atoms with Crippen LogP contribution < -0.4 is 0 Å². The number of hydrogen-bond acceptors (Lipinski definition) is 2. The van der Waals surface area contributed by atoms with Gasteiger partial charge in [0.15, 0.2) is 0 Å². The molecule has 1 aromatic rings. The summed E-state index contributed by atoms with van der Waals surface area (Å²) in [6.45, 7) is 0. The third-order valence-electron chi connectivity index (χ3n) is 3.74. The van der Waals surface area contributed by atoms with Gasteiger partial charge in [0, 0.05) is 11.9 Å². The topological polar surface area (TPSA) is 70.2 Å². The van der Waals surface area contributed by atoms with E-state index >= 15 is 0 Å². The van der Waals surface area contributed by atoms with Crippen LogP contribution in [0.4, 0.5) is 0 Å². The van der Waals surface area contributed by atoms with Crippen molar-refractivity contribution in [1.29, 1.82) is 0 Å². The van der Waals surface area contributed by atoms with Gasteiger partial charge < -0.3 is 4.98 Å². The van der Waals surface area contributed by atoms with Crippen molar-refractivity contribution in [3.63, 3.8) is 0 Å². The van der Waals surface area contributed by atoms with Gasteiger partial charge in [-0.25, -0.2) is 0 Å². The molecule has 0 spiro atoms. The van der Waals surface area contributed by atoms with Crippen LogP contribution in [0.1, 0.15) is 55.7 Å². The Morgan fingerprint density at radius 2 is 2.00 bits per heavy atom. The van der Waals surface area contributed by atoms with Gasteiger partial charge in [-0.15, -0.1) is 0 Å². The van der Waals surface area contributed by atoms with E-state index in [1.807, 2.05) is 6.20 Å². The third kappa shape index (κ3) is 3.85. The number of aromatic amines is 1. The summed E-state index contributed by atoms with van der Waals surface area (Å²) in [5.74, 6) is 0.474. The lowest BCUT2D eigenvalue weighted by molar-refractivity contribution is 0.441. The minimum absolute atomic E-state index is 0.157. The number of nitrogens with one attached hydrogen (secondary N) is 1. The van der Waals surface area contributed by atoms with E-state index < -0.39 is 10.1 Å². The average Bonchev–Trinajstić information content (AvgIpc) is 2.77. The molecule has 2 rings (SSSR count). The molecule has 1 saturated carbocycles. The Hall–Kier alpha value is -0.810. The molecule has 0 radical (unpaired) electrons. The predicted molar refractivity (Wildman–Crippen MR) is 71.4 cm³/mol. The second-order valence-electron chi connectivity index (χ2n) is 5.14. The second kappa shape index (κ2) is 5.89. The van der Waals surface area contributed by atoms with Crippen LogP contribution in [0.2, 0.25) is 0 Å². The van der Waals surface area contributed by atoms with Crippen molar-refractivity contribution < 1.29 is 13.0 Å². The van der Waals surface area contributed by atoms with Crippen LogP contribution in [-0.2, 0) is 16.5 Å². The molecule has 1 heterocycles. The van der Waals surface area contributed by atoms with Crippen LogP contribution in [-0.4, -0.2) is 23.7 Å². The van der Waals surface area contributed by atoms with Crippen molar-refractivity contribution in [1.82, 2.24) is 4.98 Å². The molecule has 1 aromatic heterocycles. The minimum Gasteiger partial charge on any atom is -0.365 e. The van der Waals surface area contributed by atoms with E-state index in [9.17, 15) is 8.42 Å².